The maximum absolute atomic E-state index is 11.4. The Morgan fingerprint density at radius 2 is 2.17 bits per heavy atom. The largest absolute Gasteiger partial charge is 0.504 e. The Bertz CT molecular complexity index is 405. The number of ether oxygens (including phenoxy) is 1. The molecule has 0 spiro atoms. The first kappa shape index (κ1) is 14.3. The molecule has 0 aliphatic carbocycles. The minimum absolute atomic E-state index is 0.0626. The van der Waals surface area contributed by atoms with E-state index < -0.39 is 0 Å². The highest BCUT2D eigenvalue weighted by atomic mass is 16.5. The lowest BCUT2D eigenvalue weighted by atomic mass is 10.2. The molecule has 0 atom stereocenters. The third-order valence-electron chi connectivity index (χ3n) is 2.35. The van der Waals surface area contributed by atoms with Crippen molar-refractivity contribution >= 4 is 5.91 Å². The van der Waals surface area contributed by atoms with Crippen LogP contribution in [0.2, 0.25) is 0 Å². The predicted molar refractivity (Wildman–Crippen MR) is 69.6 cm³/mol. The van der Waals surface area contributed by atoms with Crippen molar-refractivity contribution in [1.29, 1.82) is 0 Å². The van der Waals surface area contributed by atoms with Gasteiger partial charge in [0.1, 0.15) is 0 Å². The fourth-order valence-corrected chi connectivity index (χ4v) is 1.56. The standard InChI is InChI=1S/C13H20N2O3/c1-9(2)15-12(16)8-14-7-10-5-4-6-11(18-3)13(10)17/h4-6,9,14,17H,7-8H2,1-3H3,(H,15,16). The van der Waals surface area contributed by atoms with Crippen molar-refractivity contribution in [3.63, 3.8) is 0 Å². The Morgan fingerprint density at radius 3 is 2.78 bits per heavy atom. The van der Waals surface area contributed by atoms with E-state index in [0.717, 1.165) is 0 Å². The van der Waals surface area contributed by atoms with Gasteiger partial charge in [0.25, 0.3) is 0 Å². The first-order chi connectivity index (χ1) is 8.54. The highest BCUT2D eigenvalue weighted by molar-refractivity contribution is 5.78. The number of carbonyl (C=O) groups is 1. The van der Waals surface area contributed by atoms with Crippen LogP contribution in [0.1, 0.15) is 19.4 Å². The van der Waals surface area contributed by atoms with Gasteiger partial charge in [0, 0.05) is 18.2 Å². The summed E-state index contributed by atoms with van der Waals surface area (Å²) in [5.41, 5.74) is 0.701. The van der Waals surface area contributed by atoms with Crippen molar-refractivity contribution in [2.24, 2.45) is 0 Å². The van der Waals surface area contributed by atoms with Gasteiger partial charge in [-0.1, -0.05) is 12.1 Å². The van der Waals surface area contributed by atoms with Crippen molar-refractivity contribution in [3.05, 3.63) is 23.8 Å². The fourth-order valence-electron chi connectivity index (χ4n) is 1.56. The number of carbonyl (C=O) groups excluding carboxylic acids is 1. The summed E-state index contributed by atoms with van der Waals surface area (Å²) >= 11 is 0. The molecule has 0 bridgehead atoms. The van der Waals surface area contributed by atoms with E-state index in [1.165, 1.54) is 7.11 Å². The molecule has 0 saturated heterocycles. The maximum atomic E-state index is 11.4. The molecule has 1 rings (SSSR count). The monoisotopic (exact) mass is 252 g/mol. The zero-order valence-electron chi connectivity index (χ0n) is 11.0. The smallest absolute Gasteiger partial charge is 0.234 e. The van der Waals surface area contributed by atoms with Crippen LogP contribution in [-0.2, 0) is 11.3 Å². The average Bonchev–Trinajstić information content (AvgIpc) is 2.30. The summed E-state index contributed by atoms with van der Waals surface area (Å²) in [7, 11) is 1.50. The lowest BCUT2D eigenvalue weighted by Crippen LogP contribution is -2.37. The Morgan fingerprint density at radius 1 is 1.44 bits per heavy atom. The molecule has 0 heterocycles. The first-order valence-corrected chi connectivity index (χ1v) is 5.89. The van der Waals surface area contributed by atoms with Gasteiger partial charge < -0.3 is 20.5 Å². The van der Waals surface area contributed by atoms with Crippen LogP contribution in [0.3, 0.4) is 0 Å². The summed E-state index contributed by atoms with van der Waals surface area (Å²) in [6.45, 7) is 4.45. The van der Waals surface area contributed by atoms with Gasteiger partial charge in [-0.15, -0.1) is 0 Å². The molecule has 0 aromatic heterocycles. The normalized spacial score (nSPS) is 10.4. The first-order valence-electron chi connectivity index (χ1n) is 5.89. The van der Waals surface area contributed by atoms with Crippen molar-refractivity contribution in [1.82, 2.24) is 10.6 Å². The van der Waals surface area contributed by atoms with Gasteiger partial charge in [-0.25, -0.2) is 0 Å². The second-order valence-corrected chi connectivity index (χ2v) is 4.29. The van der Waals surface area contributed by atoms with E-state index in [1.807, 2.05) is 13.8 Å². The number of rotatable bonds is 6. The van der Waals surface area contributed by atoms with Crippen LogP contribution in [0, 0.1) is 0 Å². The molecule has 5 nitrogen and oxygen atoms in total. The lowest BCUT2D eigenvalue weighted by Gasteiger charge is -2.11. The van der Waals surface area contributed by atoms with Gasteiger partial charge in [-0.2, -0.15) is 0 Å². The van der Waals surface area contributed by atoms with Crippen LogP contribution in [0.25, 0.3) is 0 Å². The van der Waals surface area contributed by atoms with Gasteiger partial charge in [-0.3, -0.25) is 4.79 Å². The molecule has 1 aromatic rings. The molecule has 1 aromatic carbocycles. The number of hydrogen-bond acceptors (Lipinski definition) is 4. The number of methoxy groups -OCH3 is 1. The fraction of sp³-hybridized carbons (Fsp3) is 0.462. The minimum atomic E-state index is -0.0626. The highest BCUT2D eigenvalue weighted by Gasteiger charge is 2.08. The van der Waals surface area contributed by atoms with Crippen LogP contribution in [0.5, 0.6) is 11.5 Å². The quantitative estimate of drug-likeness (QED) is 0.707. The second-order valence-electron chi connectivity index (χ2n) is 4.29. The summed E-state index contributed by atoms with van der Waals surface area (Å²) in [6.07, 6.45) is 0. The zero-order valence-corrected chi connectivity index (χ0v) is 11.0. The van der Waals surface area contributed by atoms with Gasteiger partial charge in [-0.05, 0) is 19.9 Å². The zero-order chi connectivity index (χ0) is 13.5. The molecule has 18 heavy (non-hydrogen) atoms. The molecule has 0 aliphatic rings. The topological polar surface area (TPSA) is 70.6 Å². The molecule has 1 amide bonds. The maximum Gasteiger partial charge on any atom is 0.234 e. The van der Waals surface area contributed by atoms with Gasteiger partial charge in [0.05, 0.1) is 13.7 Å². The molecule has 0 fully saturated rings. The van der Waals surface area contributed by atoms with Crippen LogP contribution < -0.4 is 15.4 Å². The van der Waals surface area contributed by atoms with Gasteiger partial charge in [0.2, 0.25) is 5.91 Å². The number of phenolic OH excluding ortho intramolecular Hbond substituents is 1. The van der Waals surface area contributed by atoms with E-state index in [0.29, 0.717) is 17.9 Å². The van der Waals surface area contributed by atoms with Crippen molar-refractivity contribution < 1.29 is 14.6 Å². The summed E-state index contributed by atoms with van der Waals surface area (Å²) in [4.78, 5) is 11.4. The highest BCUT2D eigenvalue weighted by Crippen LogP contribution is 2.28. The van der Waals surface area contributed by atoms with Gasteiger partial charge >= 0.3 is 0 Å². The SMILES string of the molecule is COc1cccc(CNCC(=O)NC(C)C)c1O. The van der Waals surface area contributed by atoms with Crippen LogP contribution in [0.15, 0.2) is 18.2 Å². The Kier molecular flexibility index (Phi) is 5.45. The average molecular weight is 252 g/mol. The third kappa shape index (κ3) is 4.25. The van der Waals surface area contributed by atoms with E-state index in [2.05, 4.69) is 10.6 Å². The molecule has 0 aliphatic heterocycles. The van der Waals surface area contributed by atoms with Crippen LogP contribution in [-0.4, -0.2) is 30.7 Å². The number of amides is 1. The van der Waals surface area contributed by atoms with E-state index in [4.69, 9.17) is 4.74 Å². The van der Waals surface area contributed by atoms with E-state index in [-0.39, 0.29) is 24.2 Å². The Hall–Kier alpha value is -1.75. The Labute approximate surface area is 107 Å². The summed E-state index contributed by atoms with van der Waals surface area (Å²) in [5, 5.41) is 15.6. The molecular weight excluding hydrogens is 232 g/mol. The number of nitrogens with one attached hydrogen (secondary N) is 2. The van der Waals surface area contributed by atoms with E-state index in [9.17, 15) is 9.90 Å². The molecular formula is C13H20N2O3. The van der Waals surface area contributed by atoms with Crippen LogP contribution in [0.4, 0.5) is 0 Å². The molecule has 0 unspecified atom stereocenters. The summed E-state index contributed by atoms with van der Waals surface area (Å²) < 4.78 is 5.01. The molecule has 0 radical (unpaired) electrons. The Balaban J connectivity index is 2.47. The molecule has 100 valence electrons. The predicted octanol–water partition coefficient (Wildman–Crippen LogP) is 1.01. The summed E-state index contributed by atoms with van der Waals surface area (Å²) in [5.74, 6) is 0.477. The van der Waals surface area contributed by atoms with Crippen molar-refractivity contribution in [3.8, 4) is 11.5 Å². The second kappa shape index (κ2) is 6.86. The molecule has 0 saturated carbocycles. The van der Waals surface area contributed by atoms with Gasteiger partial charge in [0.15, 0.2) is 11.5 Å². The van der Waals surface area contributed by atoms with E-state index in [1.54, 1.807) is 18.2 Å². The number of phenols is 1. The number of hydrogen-bond donors (Lipinski definition) is 3. The number of benzene rings is 1. The van der Waals surface area contributed by atoms with E-state index >= 15 is 0 Å². The number of aromatic hydroxyl groups is 1. The molecule has 3 N–H and O–H groups in total. The third-order valence-corrected chi connectivity index (χ3v) is 2.35. The molecule has 5 heteroatoms. The van der Waals surface area contributed by atoms with Crippen LogP contribution >= 0.6 is 0 Å². The lowest BCUT2D eigenvalue weighted by molar-refractivity contribution is -0.120. The van der Waals surface area contributed by atoms with Crippen molar-refractivity contribution in [2.45, 2.75) is 26.4 Å². The summed E-state index contributed by atoms with van der Waals surface area (Å²) in [6, 6.07) is 5.39. The number of para-hydroxylation sites is 1. The van der Waals surface area contributed by atoms with Crippen molar-refractivity contribution in [2.75, 3.05) is 13.7 Å². The minimum Gasteiger partial charge on any atom is -0.504 e.